The number of nitrogens with two attached hydrogens (primary N) is 1. The largest absolute Gasteiger partial charge is 0.370 e. The summed E-state index contributed by atoms with van der Waals surface area (Å²) in [6.07, 6.45) is 0.869. The number of benzene rings is 1. The summed E-state index contributed by atoms with van der Waals surface area (Å²) in [4.78, 5) is 4.39. The molecule has 18 heavy (non-hydrogen) atoms. The summed E-state index contributed by atoms with van der Waals surface area (Å²) in [6, 6.07) is 6.98. The van der Waals surface area contributed by atoms with E-state index in [2.05, 4.69) is 10.3 Å². The van der Waals surface area contributed by atoms with Crippen LogP contribution >= 0.6 is 0 Å². The van der Waals surface area contributed by atoms with Crippen molar-refractivity contribution in [2.45, 2.75) is 44.7 Å². The van der Waals surface area contributed by atoms with E-state index in [4.69, 9.17) is 5.73 Å². The molecule has 0 heterocycles. The van der Waals surface area contributed by atoms with Crippen molar-refractivity contribution in [3.63, 3.8) is 0 Å². The van der Waals surface area contributed by atoms with Crippen LogP contribution < -0.4 is 11.1 Å². The van der Waals surface area contributed by atoms with Crippen LogP contribution in [0.2, 0.25) is 0 Å². The average Bonchev–Trinajstić information content (AvgIpc) is 2.94. The van der Waals surface area contributed by atoms with Gasteiger partial charge in [0.25, 0.3) is 0 Å². The molecule has 0 aliphatic heterocycles. The molecule has 0 spiro atoms. The minimum atomic E-state index is -0.150. The maximum absolute atomic E-state index is 13.6. The van der Waals surface area contributed by atoms with Crippen molar-refractivity contribution < 1.29 is 4.39 Å². The van der Waals surface area contributed by atoms with Crippen molar-refractivity contribution in [2.24, 2.45) is 10.7 Å². The molecule has 1 aliphatic rings. The Hall–Kier alpha value is -1.58. The zero-order valence-corrected chi connectivity index (χ0v) is 11.1. The van der Waals surface area contributed by atoms with Crippen LogP contribution in [-0.4, -0.2) is 17.5 Å². The van der Waals surface area contributed by atoms with Crippen LogP contribution in [0.1, 0.15) is 38.7 Å². The van der Waals surface area contributed by atoms with E-state index in [0.717, 1.165) is 12.0 Å². The predicted octanol–water partition coefficient (Wildman–Crippen LogP) is 2.38. The Morgan fingerprint density at radius 1 is 1.39 bits per heavy atom. The maximum atomic E-state index is 13.6. The molecule has 0 radical (unpaired) electrons. The highest BCUT2D eigenvalue weighted by Crippen LogP contribution is 2.44. The van der Waals surface area contributed by atoms with Crippen molar-refractivity contribution in [1.29, 1.82) is 0 Å². The van der Waals surface area contributed by atoms with Crippen molar-refractivity contribution in [3.05, 3.63) is 35.6 Å². The van der Waals surface area contributed by atoms with Gasteiger partial charge < -0.3 is 11.1 Å². The molecule has 1 aromatic carbocycles. The number of hydrogen-bond acceptors (Lipinski definition) is 1. The molecule has 1 aromatic rings. The monoisotopic (exact) mass is 249 g/mol. The molecule has 0 unspecified atom stereocenters. The third kappa shape index (κ3) is 3.22. The quantitative estimate of drug-likeness (QED) is 0.624. The highest BCUT2D eigenvalue weighted by Gasteiger charge is 2.40. The number of halogens is 1. The Kier molecular flexibility index (Phi) is 3.28. The first-order valence-electron chi connectivity index (χ1n) is 6.23. The number of aliphatic imine (C=N–C) groups is 1. The minimum Gasteiger partial charge on any atom is -0.370 e. The Labute approximate surface area is 107 Å². The van der Waals surface area contributed by atoms with Crippen molar-refractivity contribution in [1.82, 2.24) is 5.32 Å². The van der Waals surface area contributed by atoms with Gasteiger partial charge in [0.15, 0.2) is 5.96 Å². The number of guanidine groups is 1. The van der Waals surface area contributed by atoms with E-state index in [0.29, 0.717) is 5.96 Å². The van der Waals surface area contributed by atoms with E-state index in [1.54, 1.807) is 6.07 Å². The van der Waals surface area contributed by atoms with Crippen LogP contribution in [0.25, 0.3) is 0 Å². The molecule has 1 fully saturated rings. The summed E-state index contributed by atoms with van der Waals surface area (Å²) in [6.45, 7) is 6.07. The van der Waals surface area contributed by atoms with E-state index in [-0.39, 0.29) is 23.3 Å². The molecule has 0 bridgehead atoms. The minimum absolute atomic E-state index is 0.101. The van der Waals surface area contributed by atoms with Gasteiger partial charge in [-0.1, -0.05) is 18.2 Å². The van der Waals surface area contributed by atoms with Gasteiger partial charge in [0.2, 0.25) is 0 Å². The average molecular weight is 249 g/mol. The van der Waals surface area contributed by atoms with Gasteiger partial charge in [-0.3, -0.25) is 0 Å². The Balaban J connectivity index is 2.00. The Morgan fingerprint density at radius 2 is 2.06 bits per heavy atom. The Morgan fingerprint density at radius 3 is 2.67 bits per heavy atom. The molecule has 2 rings (SSSR count). The highest BCUT2D eigenvalue weighted by molar-refractivity contribution is 5.79. The fourth-order valence-corrected chi connectivity index (χ4v) is 2.03. The first kappa shape index (κ1) is 12.9. The van der Waals surface area contributed by atoms with Crippen LogP contribution in [-0.2, 0) is 0 Å². The van der Waals surface area contributed by atoms with Crippen LogP contribution in [0.15, 0.2) is 29.3 Å². The standard InChI is InChI=1S/C14H20FN3/c1-14(2,3)18-13(16)17-12-8-10(12)9-6-4-5-7-11(9)15/h4-7,10,12H,8H2,1-3H3,(H3,16,17,18)/t10-,12+/m0/s1. The molecule has 0 amide bonds. The van der Waals surface area contributed by atoms with Gasteiger partial charge in [0.1, 0.15) is 5.82 Å². The van der Waals surface area contributed by atoms with Gasteiger partial charge in [-0.05, 0) is 38.8 Å². The van der Waals surface area contributed by atoms with Gasteiger partial charge in [-0.15, -0.1) is 0 Å². The fraction of sp³-hybridized carbons (Fsp3) is 0.500. The topological polar surface area (TPSA) is 50.4 Å². The summed E-state index contributed by atoms with van der Waals surface area (Å²) >= 11 is 0. The zero-order chi connectivity index (χ0) is 13.3. The summed E-state index contributed by atoms with van der Waals surface area (Å²) in [5, 5.41) is 3.11. The van der Waals surface area contributed by atoms with Gasteiger partial charge in [0, 0.05) is 11.5 Å². The van der Waals surface area contributed by atoms with E-state index >= 15 is 0 Å². The van der Waals surface area contributed by atoms with E-state index in [1.165, 1.54) is 6.07 Å². The third-order valence-electron chi connectivity index (χ3n) is 2.87. The summed E-state index contributed by atoms with van der Waals surface area (Å²) in [7, 11) is 0. The smallest absolute Gasteiger partial charge is 0.189 e. The lowest BCUT2D eigenvalue weighted by Crippen LogP contribution is -2.45. The van der Waals surface area contributed by atoms with Gasteiger partial charge in [0.05, 0.1) is 6.04 Å². The summed E-state index contributed by atoms with van der Waals surface area (Å²) in [5.41, 5.74) is 6.47. The van der Waals surface area contributed by atoms with Crippen molar-refractivity contribution in [3.8, 4) is 0 Å². The third-order valence-corrected chi connectivity index (χ3v) is 2.87. The maximum Gasteiger partial charge on any atom is 0.189 e. The van der Waals surface area contributed by atoms with Crippen LogP contribution in [0.5, 0.6) is 0 Å². The Bertz CT molecular complexity index is 462. The molecular formula is C14H20FN3. The van der Waals surface area contributed by atoms with Gasteiger partial charge >= 0.3 is 0 Å². The zero-order valence-electron chi connectivity index (χ0n) is 11.1. The molecule has 1 aliphatic carbocycles. The van der Waals surface area contributed by atoms with E-state index in [9.17, 15) is 4.39 Å². The molecule has 4 heteroatoms. The first-order valence-corrected chi connectivity index (χ1v) is 6.23. The molecule has 1 saturated carbocycles. The second-order valence-corrected chi connectivity index (χ2v) is 5.82. The van der Waals surface area contributed by atoms with Crippen molar-refractivity contribution in [2.75, 3.05) is 0 Å². The first-order chi connectivity index (χ1) is 8.37. The lowest BCUT2D eigenvalue weighted by Gasteiger charge is -2.21. The van der Waals surface area contributed by atoms with Crippen LogP contribution in [0.4, 0.5) is 4.39 Å². The lowest BCUT2D eigenvalue weighted by molar-refractivity contribution is 0.508. The predicted molar refractivity (Wildman–Crippen MR) is 72.1 cm³/mol. The molecule has 0 saturated heterocycles. The molecule has 3 nitrogen and oxygen atoms in total. The van der Waals surface area contributed by atoms with Crippen molar-refractivity contribution >= 4 is 5.96 Å². The molecule has 2 atom stereocenters. The normalized spacial score (nSPS) is 23.9. The number of rotatable bonds is 2. The van der Waals surface area contributed by atoms with Gasteiger partial charge in [-0.2, -0.15) is 0 Å². The molecule has 0 aromatic heterocycles. The molecular weight excluding hydrogens is 229 g/mol. The molecule has 98 valence electrons. The van der Waals surface area contributed by atoms with Crippen LogP contribution in [0, 0.1) is 5.82 Å². The second-order valence-electron chi connectivity index (χ2n) is 5.82. The second kappa shape index (κ2) is 4.59. The fourth-order valence-electron chi connectivity index (χ4n) is 2.03. The SMILES string of the molecule is CC(C)(C)NC(N)=N[C@@H]1C[C@H]1c1ccccc1F. The van der Waals surface area contributed by atoms with E-state index < -0.39 is 0 Å². The lowest BCUT2D eigenvalue weighted by atomic mass is 10.1. The number of nitrogens with zero attached hydrogens (tertiary/aromatic N) is 1. The number of nitrogens with one attached hydrogen (secondary N) is 1. The summed E-state index contributed by atoms with van der Waals surface area (Å²) < 4.78 is 13.6. The number of hydrogen-bond donors (Lipinski definition) is 2. The highest BCUT2D eigenvalue weighted by atomic mass is 19.1. The molecule has 3 N–H and O–H groups in total. The van der Waals surface area contributed by atoms with Gasteiger partial charge in [-0.25, -0.2) is 9.38 Å². The summed E-state index contributed by atoms with van der Waals surface area (Å²) in [5.74, 6) is 0.459. The van der Waals surface area contributed by atoms with E-state index in [1.807, 2.05) is 32.9 Å². The van der Waals surface area contributed by atoms with Crippen LogP contribution in [0.3, 0.4) is 0 Å².